The molecular formula is C25H33FN4O3S. The normalized spacial score (nSPS) is 22.6. The third kappa shape index (κ3) is 5.56. The summed E-state index contributed by atoms with van der Waals surface area (Å²) in [5.41, 5.74) is 1.63. The van der Waals surface area contributed by atoms with Crippen molar-refractivity contribution in [3.63, 3.8) is 0 Å². The van der Waals surface area contributed by atoms with Crippen LogP contribution in [0, 0.1) is 11.7 Å². The molecule has 184 valence electrons. The molecule has 1 aliphatic carbocycles. The molecule has 7 nitrogen and oxygen atoms in total. The SMILES string of the molecule is CC.O=C(C1CCS(=O)(=O)CC1)N1CCN(c2cnc(C3CC3)nc2)CC1c1cccc(F)c1. The highest BCUT2D eigenvalue weighted by atomic mass is 32.2. The van der Waals surface area contributed by atoms with E-state index >= 15 is 0 Å². The van der Waals surface area contributed by atoms with Gasteiger partial charge < -0.3 is 9.80 Å². The van der Waals surface area contributed by atoms with Crippen LogP contribution in [0.4, 0.5) is 10.1 Å². The Labute approximate surface area is 201 Å². The third-order valence-corrected chi connectivity index (χ3v) is 8.48. The predicted octanol–water partition coefficient (Wildman–Crippen LogP) is 3.73. The van der Waals surface area contributed by atoms with Crippen LogP contribution < -0.4 is 4.90 Å². The number of benzene rings is 1. The Balaban J connectivity index is 0.00000133. The van der Waals surface area contributed by atoms with E-state index in [-0.39, 0.29) is 35.2 Å². The Hall–Kier alpha value is -2.55. The molecule has 3 heterocycles. The summed E-state index contributed by atoms with van der Waals surface area (Å²) in [5.74, 6) is 0.802. The molecule has 1 atom stereocenters. The van der Waals surface area contributed by atoms with Gasteiger partial charge in [0.05, 0.1) is 35.6 Å². The van der Waals surface area contributed by atoms with Crippen molar-refractivity contribution >= 4 is 21.4 Å². The number of piperazine rings is 1. The lowest BCUT2D eigenvalue weighted by Gasteiger charge is -2.44. The van der Waals surface area contributed by atoms with Crippen LogP contribution in [0.15, 0.2) is 36.7 Å². The van der Waals surface area contributed by atoms with Crippen molar-refractivity contribution < 1.29 is 17.6 Å². The highest BCUT2D eigenvalue weighted by Gasteiger charge is 2.37. The largest absolute Gasteiger partial charge is 0.365 e. The van der Waals surface area contributed by atoms with E-state index in [0.29, 0.717) is 38.4 Å². The van der Waals surface area contributed by atoms with E-state index in [0.717, 1.165) is 29.9 Å². The molecule has 3 aliphatic rings. The average molecular weight is 489 g/mol. The number of amides is 1. The second-order valence-corrected chi connectivity index (χ2v) is 11.4. The summed E-state index contributed by atoms with van der Waals surface area (Å²) in [6, 6.07) is 6.05. The zero-order chi connectivity index (χ0) is 24.3. The minimum atomic E-state index is -3.04. The van der Waals surface area contributed by atoms with Crippen molar-refractivity contribution in [3.8, 4) is 0 Å². The minimum Gasteiger partial charge on any atom is -0.365 e. The second-order valence-electron chi connectivity index (χ2n) is 9.05. The molecule has 0 radical (unpaired) electrons. The van der Waals surface area contributed by atoms with Crippen molar-refractivity contribution in [2.75, 3.05) is 36.0 Å². The van der Waals surface area contributed by atoms with Crippen LogP contribution in [-0.4, -0.2) is 60.3 Å². The third-order valence-electron chi connectivity index (χ3n) is 6.77. The number of aromatic nitrogens is 2. The van der Waals surface area contributed by atoms with Gasteiger partial charge in [0.25, 0.3) is 0 Å². The van der Waals surface area contributed by atoms with Gasteiger partial charge in [0.15, 0.2) is 0 Å². The smallest absolute Gasteiger partial charge is 0.226 e. The summed E-state index contributed by atoms with van der Waals surface area (Å²) in [4.78, 5) is 26.4. The first-order chi connectivity index (χ1) is 16.4. The van der Waals surface area contributed by atoms with Gasteiger partial charge in [-0.3, -0.25) is 4.79 Å². The Morgan fingerprint density at radius 2 is 1.71 bits per heavy atom. The number of nitrogens with zero attached hydrogens (tertiary/aromatic N) is 4. The van der Waals surface area contributed by atoms with Crippen molar-refractivity contribution in [2.45, 2.75) is 51.5 Å². The molecule has 5 rings (SSSR count). The number of hydrogen-bond donors (Lipinski definition) is 0. The Bertz CT molecular complexity index is 1090. The van der Waals surface area contributed by atoms with E-state index in [2.05, 4.69) is 14.9 Å². The van der Waals surface area contributed by atoms with Crippen LogP contribution in [-0.2, 0) is 14.6 Å². The first kappa shape index (κ1) is 24.6. The zero-order valence-electron chi connectivity index (χ0n) is 19.9. The molecule has 1 saturated carbocycles. The highest BCUT2D eigenvalue weighted by molar-refractivity contribution is 7.91. The number of anilines is 1. The van der Waals surface area contributed by atoms with Gasteiger partial charge >= 0.3 is 0 Å². The summed E-state index contributed by atoms with van der Waals surface area (Å²) in [5, 5.41) is 0. The van der Waals surface area contributed by atoms with Crippen molar-refractivity contribution in [3.05, 3.63) is 53.9 Å². The molecular weight excluding hydrogens is 455 g/mol. The van der Waals surface area contributed by atoms with E-state index in [4.69, 9.17) is 0 Å². The first-order valence-corrected chi connectivity index (χ1v) is 14.0. The molecule has 2 aliphatic heterocycles. The Kier molecular flexibility index (Phi) is 7.50. The molecule has 1 unspecified atom stereocenters. The molecule has 1 amide bonds. The second kappa shape index (κ2) is 10.4. The molecule has 2 aromatic rings. The lowest BCUT2D eigenvalue weighted by molar-refractivity contribution is -0.138. The number of carbonyl (C=O) groups is 1. The molecule has 2 saturated heterocycles. The Morgan fingerprint density at radius 3 is 2.32 bits per heavy atom. The van der Waals surface area contributed by atoms with Crippen molar-refractivity contribution in [1.29, 1.82) is 0 Å². The van der Waals surface area contributed by atoms with Crippen LogP contribution in [0.3, 0.4) is 0 Å². The molecule has 9 heteroatoms. The zero-order valence-corrected chi connectivity index (χ0v) is 20.7. The topological polar surface area (TPSA) is 83.5 Å². The molecule has 0 spiro atoms. The number of carbonyl (C=O) groups excluding carboxylic acids is 1. The average Bonchev–Trinajstić information content (AvgIpc) is 3.70. The van der Waals surface area contributed by atoms with Gasteiger partial charge in [0, 0.05) is 31.5 Å². The monoisotopic (exact) mass is 488 g/mol. The summed E-state index contributed by atoms with van der Waals surface area (Å²) < 4.78 is 37.6. The summed E-state index contributed by atoms with van der Waals surface area (Å²) in [7, 11) is -3.04. The molecule has 34 heavy (non-hydrogen) atoms. The maximum Gasteiger partial charge on any atom is 0.226 e. The molecule has 0 bridgehead atoms. The van der Waals surface area contributed by atoms with Crippen LogP contribution in [0.1, 0.15) is 62.9 Å². The Morgan fingerprint density at radius 1 is 1.03 bits per heavy atom. The fraction of sp³-hybridized carbons (Fsp3) is 0.560. The van der Waals surface area contributed by atoms with E-state index in [1.807, 2.05) is 37.2 Å². The van der Waals surface area contributed by atoms with E-state index < -0.39 is 9.84 Å². The number of halogens is 1. The summed E-state index contributed by atoms with van der Waals surface area (Å²) in [6.07, 6.45) is 6.68. The molecule has 1 aromatic heterocycles. The number of sulfone groups is 1. The number of hydrogen-bond acceptors (Lipinski definition) is 6. The molecule has 0 N–H and O–H groups in total. The van der Waals surface area contributed by atoms with E-state index in [1.165, 1.54) is 12.1 Å². The van der Waals surface area contributed by atoms with Gasteiger partial charge in [-0.15, -0.1) is 0 Å². The number of rotatable bonds is 4. The van der Waals surface area contributed by atoms with Crippen LogP contribution >= 0.6 is 0 Å². The fourth-order valence-electron chi connectivity index (χ4n) is 4.70. The fourth-order valence-corrected chi connectivity index (χ4v) is 6.19. The van der Waals surface area contributed by atoms with Gasteiger partial charge in [-0.2, -0.15) is 0 Å². The van der Waals surface area contributed by atoms with Gasteiger partial charge in [-0.05, 0) is 43.4 Å². The van der Waals surface area contributed by atoms with Gasteiger partial charge in [0.2, 0.25) is 5.91 Å². The standard InChI is InChI=1S/C23H27FN4O3S.C2H6/c24-19-3-1-2-18(12-19)21-15-27(20-13-25-22(26-14-20)16-4-5-16)8-9-28(21)23(29)17-6-10-32(30,31)11-7-17;1-2/h1-3,12-14,16-17,21H,4-11,15H2;1-2H3. The summed E-state index contributed by atoms with van der Waals surface area (Å²) >= 11 is 0. The first-order valence-electron chi connectivity index (χ1n) is 12.2. The minimum absolute atomic E-state index is 0.0332. The van der Waals surface area contributed by atoms with Gasteiger partial charge in [-0.25, -0.2) is 22.8 Å². The van der Waals surface area contributed by atoms with Crippen LogP contribution in [0.2, 0.25) is 0 Å². The van der Waals surface area contributed by atoms with E-state index in [9.17, 15) is 17.6 Å². The predicted molar refractivity (Wildman–Crippen MR) is 130 cm³/mol. The lowest BCUT2D eigenvalue weighted by atomic mass is 9.96. The van der Waals surface area contributed by atoms with Crippen molar-refractivity contribution in [2.24, 2.45) is 5.92 Å². The van der Waals surface area contributed by atoms with Crippen molar-refractivity contribution in [1.82, 2.24) is 14.9 Å². The van der Waals surface area contributed by atoms with Crippen LogP contribution in [0.25, 0.3) is 0 Å². The van der Waals surface area contributed by atoms with Gasteiger partial charge in [-0.1, -0.05) is 26.0 Å². The molecule has 3 fully saturated rings. The maximum absolute atomic E-state index is 14.0. The summed E-state index contributed by atoms with van der Waals surface area (Å²) in [6.45, 7) is 5.61. The lowest BCUT2D eigenvalue weighted by Crippen LogP contribution is -2.53. The van der Waals surface area contributed by atoms with E-state index in [1.54, 1.807) is 6.07 Å². The van der Waals surface area contributed by atoms with Gasteiger partial charge in [0.1, 0.15) is 21.5 Å². The highest BCUT2D eigenvalue weighted by Crippen LogP contribution is 2.38. The maximum atomic E-state index is 14.0. The quantitative estimate of drug-likeness (QED) is 0.652. The molecule has 1 aromatic carbocycles. The van der Waals surface area contributed by atoms with Crippen LogP contribution in [0.5, 0.6) is 0 Å².